The predicted molar refractivity (Wildman–Crippen MR) is 79.3 cm³/mol. The second-order valence-electron chi connectivity index (χ2n) is 5.01. The van der Waals surface area contributed by atoms with Gasteiger partial charge in [-0.3, -0.25) is 0 Å². The summed E-state index contributed by atoms with van der Waals surface area (Å²) in [5, 5.41) is 0. The van der Waals surface area contributed by atoms with Crippen molar-refractivity contribution in [1.29, 1.82) is 0 Å². The first-order valence-corrected chi connectivity index (χ1v) is 6.48. The Kier molecular flexibility index (Phi) is 3.74. The Morgan fingerprint density at radius 1 is 1.05 bits per heavy atom. The maximum atomic E-state index is 5.70. The SMILES string of the molecule is Cc1cc(OC(C)C)ccc1-c1ccc(N)nc1C. The molecule has 0 bridgehead atoms. The molecular formula is C16H20N2O. The van der Waals surface area contributed by atoms with E-state index < -0.39 is 0 Å². The van der Waals surface area contributed by atoms with E-state index in [0.717, 1.165) is 17.0 Å². The number of nitrogens with two attached hydrogens (primary N) is 1. The lowest BCUT2D eigenvalue weighted by Crippen LogP contribution is -2.05. The molecule has 0 unspecified atom stereocenters. The molecule has 0 aliphatic carbocycles. The van der Waals surface area contributed by atoms with Gasteiger partial charge in [0.1, 0.15) is 11.6 Å². The molecule has 0 aliphatic heterocycles. The van der Waals surface area contributed by atoms with Crippen molar-refractivity contribution in [1.82, 2.24) is 4.98 Å². The summed E-state index contributed by atoms with van der Waals surface area (Å²) in [7, 11) is 0. The van der Waals surface area contributed by atoms with Crippen molar-refractivity contribution in [2.24, 2.45) is 0 Å². The van der Waals surface area contributed by atoms with Crippen molar-refractivity contribution in [3.05, 3.63) is 41.6 Å². The number of hydrogen-bond acceptors (Lipinski definition) is 3. The van der Waals surface area contributed by atoms with Crippen LogP contribution < -0.4 is 10.5 Å². The van der Waals surface area contributed by atoms with Crippen molar-refractivity contribution < 1.29 is 4.74 Å². The highest BCUT2D eigenvalue weighted by Gasteiger charge is 2.08. The molecule has 0 amide bonds. The van der Waals surface area contributed by atoms with Crippen LogP contribution in [-0.4, -0.2) is 11.1 Å². The fourth-order valence-corrected chi connectivity index (χ4v) is 2.15. The van der Waals surface area contributed by atoms with Crippen LogP contribution in [0.2, 0.25) is 0 Å². The molecule has 2 N–H and O–H groups in total. The molecule has 3 nitrogen and oxygen atoms in total. The number of ether oxygens (including phenoxy) is 1. The van der Waals surface area contributed by atoms with Crippen LogP contribution >= 0.6 is 0 Å². The maximum absolute atomic E-state index is 5.70. The summed E-state index contributed by atoms with van der Waals surface area (Å²) in [5.74, 6) is 1.45. The van der Waals surface area contributed by atoms with E-state index in [1.54, 1.807) is 0 Å². The van der Waals surface area contributed by atoms with Crippen molar-refractivity contribution in [2.45, 2.75) is 33.8 Å². The molecule has 2 aromatic rings. The zero-order valence-corrected chi connectivity index (χ0v) is 11.9. The van der Waals surface area contributed by atoms with Gasteiger partial charge in [0.05, 0.1) is 6.10 Å². The summed E-state index contributed by atoms with van der Waals surface area (Å²) >= 11 is 0. The molecule has 0 saturated carbocycles. The smallest absolute Gasteiger partial charge is 0.123 e. The minimum atomic E-state index is 0.185. The third-order valence-electron chi connectivity index (χ3n) is 2.97. The summed E-state index contributed by atoms with van der Waals surface area (Å²) in [6, 6.07) is 9.99. The van der Waals surface area contributed by atoms with Crippen molar-refractivity contribution in [2.75, 3.05) is 5.73 Å². The molecule has 1 aromatic carbocycles. The molecule has 0 aliphatic rings. The Labute approximate surface area is 114 Å². The fourth-order valence-electron chi connectivity index (χ4n) is 2.15. The monoisotopic (exact) mass is 256 g/mol. The molecule has 19 heavy (non-hydrogen) atoms. The maximum Gasteiger partial charge on any atom is 0.123 e. The van der Waals surface area contributed by atoms with E-state index in [2.05, 4.69) is 24.0 Å². The third kappa shape index (κ3) is 3.05. The van der Waals surface area contributed by atoms with Gasteiger partial charge in [-0.25, -0.2) is 4.98 Å². The number of anilines is 1. The van der Waals surface area contributed by atoms with Crippen LogP contribution in [0, 0.1) is 13.8 Å². The van der Waals surface area contributed by atoms with Gasteiger partial charge < -0.3 is 10.5 Å². The second-order valence-corrected chi connectivity index (χ2v) is 5.01. The Morgan fingerprint density at radius 2 is 1.74 bits per heavy atom. The van der Waals surface area contributed by atoms with Gasteiger partial charge in [0, 0.05) is 11.3 Å². The zero-order valence-electron chi connectivity index (χ0n) is 11.9. The number of benzene rings is 1. The van der Waals surface area contributed by atoms with Crippen molar-refractivity contribution >= 4 is 5.82 Å². The lowest BCUT2D eigenvalue weighted by atomic mass is 9.99. The van der Waals surface area contributed by atoms with Crippen LogP contribution in [-0.2, 0) is 0 Å². The Morgan fingerprint density at radius 3 is 2.32 bits per heavy atom. The van der Waals surface area contributed by atoms with Crippen LogP contribution in [0.3, 0.4) is 0 Å². The van der Waals surface area contributed by atoms with Gasteiger partial charge in [-0.1, -0.05) is 6.07 Å². The molecule has 0 fully saturated rings. The number of rotatable bonds is 3. The summed E-state index contributed by atoms with van der Waals surface area (Å²) < 4.78 is 5.70. The predicted octanol–water partition coefficient (Wildman–Crippen LogP) is 3.73. The molecular weight excluding hydrogens is 236 g/mol. The van der Waals surface area contributed by atoms with Gasteiger partial charge in [-0.15, -0.1) is 0 Å². The Bertz CT molecular complexity index is 591. The number of nitrogens with zero attached hydrogens (tertiary/aromatic N) is 1. The average molecular weight is 256 g/mol. The quantitative estimate of drug-likeness (QED) is 0.910. The van der Waals surface area contributed by atoms with Gasteiger partial charge >= 0.3 is 0 Å². The van der Waals surface area contributed by atoms with E-state index in [1.807, 2.05) is 39.0 Å². The molecule has 2 rings (SSSR count). The first kappa shape index (κ1) is 13.4. The number of pyridine rings is 1. The normalized spacial score (nSPS) is 10.8. The molecule has 0 atom stereocenters. The van der Waals surface area contributed by atoms with Crippen molar-refractivity contribution in [3.63, 3.8) is 0 Å². The van der Waals surface area contributed by atoms with Crippen LogP contribution in [0.25, 0.3) is 11.1 Å². The van der Waals surface area contributed by atoms with Crippen molar-refractivity contribution in [3.8, 4) is 16.9 Å². The minimum absolute atomic E-state index is 0.185. The van der Waals surface area contributed by atoms with Crippen LogP contribution in [0.1, 0.15) is 25.1 Å². The van der Waals surface area contributed by atoms with Gasteiger partial charge in [-0.2, -0.15) is 0 Å². The standard InChI is InChI=1S/C16H20N2O/c1-10(2)19-13-5-6-14(11(3)9-13)15-7-8-16(17)18-12(15)4/h5-10H,1-4H3,(H2,17,18). The van der Waals surface area contributed by atoms with E-state index in [0.29, 0.717) is 5.82 Å². The van der Waals surface area contributed by atoms with Gasteiger partial charge in [-0.05, 0) is 63.1 Å². The van der Waals surface area contributed by atoms with E-state index in [4.69, 9.17) is 10.5 Å². The molecule has 0 spiro atoms. The van der Waals surface area contributed by atoms with E-state index in [1.165, 1.54) is 11.1 Å². The molecule has 100 valence electrons. The van der Waals surface area contributed by atoms with E-state index >= 15 is 0 Å². The highest BCUT2D eigenvalue weighted by atomic mass is 16.5. The summed E-state index contributed by atoms with van der Waals surface area (Å²) in [6.45, 7) is 8.11. The van der Waals surface area contributed by atoms with Crippen LogP contribution in [0.15, 0.2) is 30.3 Å². The second kappa shape index (κ2) is 5.31. The Hall–Kier alpha value is -2.03. The minimum Gasteiger partial charge on any atom is -0.491 e. The van der Waals surface area contributed by atoms with Crippen LogP contribution in [0.5, 0.6) is 5.75 Å². The molecule has 3 heteroatoms. The van der Waals surface area contributed by atoms with E-state index in [9.17, 15) is 0 Å². The largest absolute Gasteiger partial charge is 0.491 e. The molecule has 1 aromatic heterocycles. The summed E-state index contributed by atoms with van der Waals surface area (Å²) in [5.41, 5.74) is 10.1. The first-order valence-electron chi connectivity index (χ1n) is 6.48. The number of aryl methyl sites for hydroxylation is 2. The lowest BCUT2D eigenvalue weighted by molar-refractivity contribution is 0.242. The highest BCUT2D eigenvalue weighted by molar-refractivity contribution is 5.70. The first-order chi connectivity index (χ1) is 8.97. The summed E-state index contributed by atoms with van der Waals surface area (Å²) in [6.07, 6.45) is 0.185. The topological polar surface area (TPSA) is 48.1 Å². The van der Waals surface area contributed by atoms with Crippen LogP contribution in [0.4, 0.5) is 5.82 Å². The number of nitrogen functional groups attached to an aromatic ring is 1. The van der Waals surface area contributed by atoms with Gasteiger partial charge in [0.15, 0.2) is 0 Å². The van der Waals surface area contributed by atoms with E-state index in [-0.39, 0.29) is 6.10 Å². The summed E-state index contributed by atoms with van der Waals surface area (Å²) in [4.78, 5) is 4.31. The molecule has 0 saturated heterocycles. The molecule has 1 heterocycles. The average Bonchev–Trinajstić information content (AvgIpc) is 2.30. The number of aromatic nitrogens is 1. The third-order valence-corrected chi connectivity index (χ3v) is 2.97. The zero-order chi connectivity index (χ0) is 14.0. The van der Waals surface area contributed by atoms with Gasteiger partial charge in [0.2, 0.25) is 0 Å². The fraction of sp³-hybridized carbons (Fsp3) is 0.312. The van der Waals surface area contributed by atoms with Gasteiger partial charge in [0.25, 0.3) is 0 Å². The molecule has 0 radical (unpaired) electrons. The Balaban J connectivity index is 2.40. The number of hydrogen-bond donors (Lipinski definition) is 1. The lowest BCUT2D eigenvalue weighted by Gasteiger charge is -2.13. The highest BCUT2D eigenvalue weighted by Crippen LogP contribution is 2.29.